The van der Waals surface area contributed by atoms with E-state index < -0.39 is 12.1 Å². The second-order valence-electron chi connectivity index (χ2n) is 11.8. The van der Waals surface area contributed by atoms with Crippen LogP contribution in [0.25, 0.3) is 0 Å². The van der Waals surface area contributed by atoms with Crippen molar-refractivity contribution in [2.45, 2.75) is 83.7 Å². The molecule has 5 rings (SSSR count). The molecule has 3 heterocycles. The Kier molecular flexibility index (Phi) is 6.70. The molecule has 0 saturated carbocycles. The Bertz CT molecular complexity index is 1090. The molecule has 0 spiro atoms. The van der Waals surface area contributed by atoms with E-state index in [4.69, 9.17) is 4.99 Å². The summed E-state index contributed by atoms with van der Waals surface area (Å²) >= 11 is 0. The number of rotatable bonds is 3. The summed E-state index contributed by atoms with van der Waals surface area (Å²) in [5.41, 5.74) is 3.10. The third-order valence-electron chi connectivity index (χ3n) is 8.40. The zero-order valence-electron chi connectivity index (χ0n) is 22.2. The molecule has 3 N–H and O–H groups in total. The molecule has 5 atom stereocenters. The van der Waals surface area contributed by atoms with Crippen LogP contribution in [0.5, 0.6) is 0 Å². The SMILES string of the molecule is Cc1ccc(C(C(=O)N2CCN(C3=NC(C)[NH2+]C4=C3[C@H](C)CC4F)CC2)[C@@H]2CCC(C)(C)N2)c(F)c1. The van der Waals surface area contributed by atoms with Crippen molar-refractivity contribution in [3.8, 4) is 0 Å². The van der Waals surface area contributed by atoms with E-state index in [0.29, 0.717) is 38.2 Å². The van der Waals surface area contributed by atoms with Crippen LogP contribution >= 0.6 is 0 Å². The van der Waals surface area contributed by atoms with Crippen LogP contribution in [0.1, 0.15) is 64.0 Å². The molecule has 2 saturated heterocycles. The number of halogens is 2. The normalized spacial score (nSPS) is 30.9. The molecule has 1 aliphatic carbocycles. The van der Waals surface area contributed by atoms with Crippen LogP contribution in [0.15, 0.2) is 34.5 Å². The van der Waals surface area contributed by atoms with Gasteiger partial charge in [-0.2, -0.15) is 0 Å². The largest absolute Gasteiger partial charge is 0.353 e. The number of aryl methyl sites for hydroxylation is 1. The summed E-state index contributed by atoms with van der Waals surface area (Å²) in [6.07, 6.45) is 1.33. The van der Waals surface area contributed by atoms with Gasteiger partial charge in [0.05, 0.1) is 11.5 Å². The van der Waals surface area contributed by atoms with Gasteiger partial charge in [-0.05, 0) is 57.6 Å². The number of allylic oxidation sites excluding steroid dienone is 1. The average Bonchev–Trinajstić information content (AvgIpc) is 3.32. The van der Waals surface area contributed by atoms with Crippen molar-refractivity contribution >= 4 is 11.7 Å². The summed E-state index contributed by atoms with van der Waals surface area (Å²) in [5.74, 6) is 0.161. The highest BCUT2D eigenvalue weighted by Crippen LogP contribution is 2.36. The lowest BCUT2D eigenvalue weighted by Crippen LogP contribution is -2.89. The lowest BCUT2D eigenvalue weighted by molar-refractivity contribution is -0.644. The zero-order valence-corrected chi connectivity index (χ0v) is 22.2. The summed E-state index contributed by atoms with van der Waals surface area (Å²) in [4.78, 5) is 22.9. The molecule has 6 nitrogen and oxygen atoms in total. The Balaban J connectivity index is 1.35. The van der Waals surface area contributed by atoms with Gasteiger partial charge in [0, 0.05) is 50.2 Å². The molecular weight excluding hydrogens is 460 g/mol. The van der Waals surface area contributed by atoms with Crippen LogP contribution in [-0.4, -0.2) is 71.6 Å². The maximum absolute atomic E-state index is 15.1. The molecule has 0 bridgehead atoms. The van der Waals surface area contributed by atoms with Gasteiger partial charge in [-0.25, -0.2) is 13.8 Å². The monoisotopic (exact) mass is 500 g/mol. The van der Waals surface area contributed by atoms with Gasteiger partial charge < -0.3 is 15.1 Å². The summed E-state index contributed by atoms with van der Waals surface area (Å²) in [6, 6.07) is 5.10. The number of piperazine rings is 1. The number of hydrogen-bond acceptors (Lipinski definition) is 4. The molecule has 0 radical (unpaired) electrons. The predicted octanol–water partition coefficient (Wildman–Crippen LogP) is 2.85. The number of carbonyl (C=O) groups is 1. The number of quaternary nitrogens is 1. The van der Waals surface area contributed by atoms with Gasteiger partial charge in [0.25, 0.3) is 0 Å². The molecule has 2 fully saturated rings. The summed E-state index contributed by atoms with van der Waals surface area (Å²) in [5, 5.41) is 5.56. The molecule has 1 aromatic carbocycles. The van der Waals surface area contributed by atoms with Gasteiger partial charge in [-0.3, -0.25) is 10.1 Å². The van der Waals surface area contributed by atoms with E-state index in [2.05, 4.69) is 31.0 Å². The van der Waals surface area contributed by atoms with Crippen molar-refractivity contribution in [1.82, 2.24) is 15.1 Å². The Hall–Kier alpha value is -2.32. The minimum Gasteiger partial charge on any atom is -0.353 e. The lowest BCUT2D eigenvalue weighted by Gasteiger charge is -2.40. The average molecular weight is 501 g/mol. The first kappa shape index (κ1) is 25.3. The Morgan fingerprint density at radius 1 is 1.22 bits per heavy atom. The molecule has 8 heteroatoms. The smallest absolute Gasteiger partial charge is 0.231 e. The molecule has 36 heavy (non-hydrogen) atoms. The second-order valence-corrected chi connectivity index (χ2v) is 11.8. The van der Waals surface area contributed by atoms with Gasteiger partial charge in [0.2, 0.25) is 5.91 Å². The first-order chi connectivity index (χ1) is 17.0. The predicted molar refractivity (Wildman–Crippen MR) is 137 cm³/mol. The fourth-order valence-electron chi connectivity index (χ4n) is 6.52. The summed E-state index contributed by atoms with van der Waals surface area (Å²) in [7, 11) is 0. The van der Waals surface area contributed by atoms with Crippen molar-refractivity contribution < 1.29 is 18.9 Å². The van der Waals surface area contributed by atoms with E-state index in [1.54, 1.807) is 6.07 Å². The summed E-state index contributed by atoms with van der Waals surface area (Å²) < 4.78 is 29.8. The number of aliphatic imine (C=N–C) groups is 1. The van der Waals surface area contributed by atoms with Crippen LogP contribution in [0, 0.1) is 18.7 Å². The van der Waals surface area contributed by atoms with E-state index >= 15 is 4.39 Å². The highest BCUT2D eigenvalue weighted by molar-refractivity contribution is 6.00. The third-order valence-corrected chi connectivity index (χ3v) is 8.40. The molecule has 4 aliphatic rings. The number of amidine groups is 1. The van der Waals surface area contributed by atoms with Crippen molar-refractivity contribution in [3.05, 3.63) is 46.4 Å². The van der Waals surface area contributed by atoms with Crippen molar-refractivity contribution in [3.63, 3.8) is 0 Å². The topological polar surface area (TPSA) is 64.5 Å². The highest BCUT2D eigenvalue weighted by atomic mass is 19.1. The quantitative estimate of drug-likeness (QED) is 0.671. The molecule has 0 aromatic heterocycles. The van der Waals surface area contributed by atoms with Crippen LogP contribution in [-0.2, 0) is 4.79 Å². The van der Waals surface area contributed by atoms with Gasteiger partial charge >= 0.3 is 0 Å². The second kappa shape index (κ2) is 9.53. The lowest BCUT2D eigenvalue weighted by atomic mass is 9.88. The Morgan fingerprint density at radius 3 is 2.58 bits per heavy atom. The van der Waals surface area contributed by atoms with E-state index in [1.807, 2.05) is 30.1 Å². The van der Waals surface area contributed by atoms with Gasteiger partial charge in [0.15, 0.2) is 12.3 Å². The van der Waals surface area contributed by atoms with Gasteiger partial charge in [0.1, 0.15) is 17.3 Å². The number of nitrogens with two attached hydrogens (primary N) is 1. The van der Waals surface area contributed by atoms with E-state index in [0.717, 1.165) is 35.5 Å². The first-order valence-corrected chi connectivity index (χ1v) is 13.4. The third kappa shape index (κ3) is 4.70. The fourth-order valence-corrected chi connectivity index (χ4v) is 6.52. The Labute approximate surface area is 213 Å². The molecule has 1 amide bonds. The van der Waals surface area contributed by atoms with E-state index in [-0.39, 0.29) is 35.4 Å². The first-order valence-electron chi connectivity index (χ1n) is 13.4. The van der Waals surface area contributed by atoms with Crippen LogP contribution in [0.2, 0.25) is 0 Å². The number of amides is 1. The zero-order chi connectivity index (χ0) is 25.8. The minimum absolute atomic E-state index is 0.0159. The number of hydrogen-bond donors (Lipinski definition) is 2. The molecule has 196 valence electrons. The molecular formula is C28H40F2N5O+. The van der Waals surface area contributed by atoms with Crippen molar-refractivity contribution in [1.29, 1.82) is 0 Å². The van der Waals surface area contributed by atoms with Crippen LogP contribution < -0.4 is 10.6 Å². The maximum atomic E-state index is 15.1. The highest BCUT2D eigenvalue weighted by Gasteiger charge is 2.44. The number of benzene rings is 1. The molecule has 3 aliphatic heterocycles. The van der Waals surface area contributed by atoms with E-state index in [1.165, 1.54) is 6.07 Å². The van der Waals surface area contributed by atoms with E-state index in [9.17, 15) is 9.18 Å². The van der Waals surface area contributed by atoms with Crippen LogP contribution in [0.4, 0.5) is 8.78 Å². The number of carbonyl (C=O) groups excluding carboxylic acids is 1. The van der Waals surface area contributed by atoms with Crippen molar-refractivity contribution in [2.24, 2.45) is 10.9 Å². The standard InChI is InChI=1S/C28H39F2N5O/c1-16-6-7-19(20(29)14-16)24(22-8-9-28(4,5)33-22)27(36)35-12-10-34(11-13-35)26-23-17(2)15-21(30)25(23)31-18(3)32-26/h6-7,14,17-18,21-22,24,31,33H,8-13,15H2,1-5H3/p+1/t17-,18?,21?,22+,24?/m1/s1. The minimum atomic E-state index is -0.917. The summed E-state index contributed by atoms with van der Waals surface area (Å²) in [6.45, 7) is 12.6. The molecule has 3 unspecified atom stereocenters. The van der Waals surface area contributed by atoms with Gasteiger partial charge in [-0.1, -0.05) is 19.1 Å². The van der Waals surface area contributed by atoms with Crippen LogP contribution in [0.3, 0.4) is 0 Å². The van der Waals surface area contributed by atoms with Crippen molar-refractivity contribution in [2.75, 3.05) is 26.2 Å². The molecule has 1 aromatic rings. The number of nitrogens with zero attached hydrogens (tertiary/aromatic N) is 3. The number of nitrogens with one attached hydrogen (secondary N) is 1. The van der Waals surface area contributed by atoms with Gasteiger partial charge in [-0.15, -0.1) is 0 Å². The number of alkyl halides is 1. The Morgan fingerprint density at radius 2 is 1.94 bits per heavy atom. The fraction of sp³-hybridized carbons (Fsp3) is 0.643. The maximum Gasteiger partial charge on any atom is 0.231 e.